The van der Waals surface area contributed by atoms with Gasteiger partial charge in [0.15, 0.2) is 5.13 Å². The maximum atomic E-state index is 11.2. The van der Waals surface area contributed by atoms with E-state index in [2.05, 4.69) is 9.72 Å². The Labute approximate surface area is 78.5 Å². The average molecular weight is 200 g/mol. The lowest BCUT2D eigenvalue weighted by Crippen LogP contribution is -2.16. The zero-order chi connectivity index (χ0) is 9.84. The lowest BCUT2D eigenvalue weighted by molar-refractivity contribution is -0.137. The second kappa shape index (κ2) is 3.99. The Morgan fingerprint density at radius 1 is 1.69 bits per heavy atom. The molecule has 2 N–H and O–H groups in total. The first kappa shape index (κ1) is 9.66. The minimum Gasteiger partial charge on any atom is -0.460 e. The number of hydrogen-bond acceptors (Lipinski definition) is 6. The van der Waals surface area contributed by atoms with E-state index in [1.54, 1.807) is 6.92 Å². The van der Waals surface area contributed by atoms with Crippen LogP contribution in [-0.4, -0.2) is 23.3 Å². The minimum atomic E-state index is -0.869. The van der Waals surface area contributed by atoms with E-state index in [0.717, 1.165) is 11.3 Å². The van der Waals surface area contributed by atoms with Crippen molar-refractivity contribution in [3.05, 3.63) is 11.1 Å². The molecule has 0 spiro atoms. The molecule has 0 unspecified atom stereocenters. The molecule has 13 heavy (non-hydrogen) atoms. The second-order valence-corrected chi connectivity index (χ2v) is 3.17. The van der Waals surface area contributed by atoms with Crippen molar-refractivity contribution < 1.29 is 14.3 Å². The predicted octanol–water partition coefficient (Wildman–Crippen LogP) is 0.471. The highest BCUT2D eigenvalue weighted by Crippen LogP contribution is 2.15. The smallest absolute Gasteiger partial charge is 0.380 e. The van der Waals surface area contributed by atoms with Crippen LogP contribution in [0.4, 0.5) is 5.13 Å². The summed E-state index contributed by atoms with van der Waals surface area (Å²) in [5.74, 6) is -1.57. The molecule has 1 aromatic rings. The number of nitrogens with two attached hydrogens (primary N) is 1. The number of anilines is 1. The zero-order valence-electron chi connectivity index (χ0n) is 6.94. The molecule has 1 aromatic heterocycles. The number of ketones is 1. The van der Waals surface area contributed by atoms with E-state index in [-0.39, 0.29) is 16.6 Å². The Morgan fingerprint density at radius 2 is 2.38 bits per heavy atom. The van der Waals surface area contributed by atoms with Gasteiger partial charge in [-0.3, -0.25) is 4.79 Å². The number of thiazole rings is 1. The number of rotatable bonds is 3. The summed E-state index contributed by atoms with van der Waals surface area (Å²) in [5.41, 5.74) is 5.29. The van der Waals surface area contributed by atoms with Gasteiger partial charge in [0.2, 0.25) is 0 Å². The first-order valence-electron chi connectivity index (χ1n) is 3.58. The summed E-state index contributed by atoms with van der Waals surface area (Å²) in [6, 6.07) is 0. The molecular formula is C7H8N2O3S. The molecule has 1 heterocycles. The molecule has 0 saturated carbocycles. The fraction of sp³-hybridized carbons (Fsp3) is 0.286. The second-order valence-electron chi connectivity index (χ2n) is 2.11. The monoisotopic (exact) mass is 200 g/mol. The Hall–Kier alpha value is -1.43. The maximum absolute atomic E-state index is 11.2. The standard InChI is InChI=1S/C7H8N2O3S/c1-2-12-6(11)5(10)4-3-9-7(8)13-4/h3H,2H2,1H3,(H2,8,9). The van der Waals surface area contributed by atoms with Crippen LogP contribution in [-0.2, 0) is 9.53 Å². The molecule has 0 amide bonds. The van der Waals surface area contributed by atoms with Crippen LogP contribution in [0.3, 0.4) is 0 Å². The van der Waals surface area contributed by atoms with Gasteiger partial charge in [0.05, 0.1) is 12.8 Å². The number of nitrogen functional groups attached to an aromatic ring is 1. The minimum absolute atomic E-state index is 0.179. The first-order chi connectivity index (χ1) is 6.15. The number of hydrogen-bond donors (Lipinski definition) is 1. The molecule has 5 nitrogen and oxygen atoms in total. The van der Waals surface area contributed by atoms with Gasteiger partial charge in [-0.25, -0.2) is 9.78 Å². The topological polar surface area (TPSA) is 82.3 Å². The SMILES string of the molecule is CCOC(=O)C(=O)c1cnc(N)s1. The molecule has 0 aliphatic rings. The highest BCUT2D eigenvalue weighted by molar-refractivity contribution is 7.18. The van der Waals surface area contributed by atoms with Gasteiger partial charge in [-0.15, -0.1) is 0 Å². The molecule has 0 aromatic carbocycles. The van der Waals surface area contributed by atoms with E-state index in [9.17, 15) is 9.59 Å². The summed E-state index contributed by atoms with van der Waals surface area (Å²) in [4.78, 5) is 26.0. The molecule has 0 atom stereocenters. The van der Waals surface area contributed by atoms with Crippen molar-refractivity contribution in [2.45, 2.75) is 6.92 Å². The molecule has 70 valence electrons. The van der Waals surface area contributed by atoms with Crippen LogP contribution < -0.4 is 5.73 Å². The van der Waals surface area contributed by atoms with Gasteiger partial charge in [0.25, 0.3) is 5.78 Å². The summed E-state index contributed by atoms with van der Waals surface area (Å²) >= 11 is 0.966. The molecule has 0 fully saturated rings. The fourth-order valence-electron chi connectivity index (χ4n) is 0.690. The van der Waals surface area contributed by atoms with E-state index in [1.165, 1.54) is 6.20 Å². The molecule has 6 heteroatoms. The number of aromatic nitrogens is 1. The van der Waals surface area contributed by atoms with E-state index < -0.39 is 11.8 Å². The van der Waals surface area contributed by atoms with E-state index in [0.29, 0.717) is 0 Å². The van der Waals surface area contributed by atoms with Crippen LogP contribution in [0.1, 0.15) is 16.6 Å². The predicted molar refractivity (Wildman–Crippen MR) is 47.5 cm³/mol. The van der Waals surface area contributed by atoms with Crippen molar-refractivity contribution in [1.82, 2.24) is 4.98 Å². The van der Waals surface area contributed by atoms with E-state index >= 15 is 0 Å². The largest absolute Gasteiger partial charge is 0.460 e. The van der Waals surface area contributed by atoms with Gasteiger partial charge < -0.3 is 10.5 Å². The van der Waals surface area contributed by atoms with Crippen molar-refractivity contribution in [2.24, 2.45) is 0 Å². The van der Waals surface area contributed by atoms with Gasteiger partial charge in [0, 0.05) is 0 Å². The van der Waals surface area contributed by atoms with Gasteiger partial charge in [-0.2, -0.15) is 0 Å². The van der Waals surface area contributed by atoms with Crippen molar-refractivity contribution in [2.75, 3.05) is 12.3 Å². The molecule has 0 aliphatic carbocycles. The van der Waals surface area contributed by atoms with E-state index in [1.807, 2.05) is 0 Å². The number of carbonyl (C=O) groups excluding carboxylic acids is 2. The van der Waals surface area contributed by atoms with Crippen LogP contribution in [0, 0.1) is 0 Å². The summed E-state index contributed by atoms with van der Waals surface area (Å²) < 4.78 is 4.52. The summed E-state index contributed by atoms with van der Waals surface area (Å²) in [7, 11) is 0. The van der Waals surface area contributed by atoms with Gasteiger partial charge in [-0.05, 0) is 6.92 Å². The van der Waals surface area contributed by atoms with Crippen molar-refractivity contribution in [3.63, 3.8) is 0 Å². The van der Waals surface area contributed by atoms with Crippen LogP contribution in [0.15, 0.2) is 6.20 Å². The number of esters is 1. The van der Waals surface area contributed by atoms with Crippen molar-refractivity contribution in [1.29, 1.82) is 0 Å². The summed E-state index contributed by atoms with van der Waals surface area (Å²) in [6.45, 7) is 1.81. The quantitative estimate of drug-likeness (QED) is 0.435. The maximum Gasteiger partial charge on any atom is 0.380 e. The fourth-order valence-corrected chi connectivity index (χ4v) is 1.30. The van der Waals surface area contributed by atoms with Crippen LogP contribution in [0.25, 0.3) is 0 Å². The highest BCUT2D eigenvalue weighted by atomic mass is 32.1. The van der Waals surface area contributed by atoms with Gasteiger partial charge in [-0.1, -0.05) is 11.3 Å². The molecule has 0 saturated heterocycles. The van der Waals surface area contributed by atoms with Crippen molar-refractivity contribution >= 4 is 28.2 Å². The molecule has 0 radical (unpaired) electrons. The first-order valence-corrected chi connectivity index (χ1v) is 4.39. The van der Waals surface area contributed by atoms with Crippen LogP contribution in [0.5, 0.6) is 0 Å². The average Bonchev–Trinajstić information content (AvgIpc) is 2.51. The normalized spacial score (nSPS) is 9.62. The number of carbonyl (C=O) groups is 2. The number of nitrogens with zero attached hydrogens (tertiary/aromatic N) is 1. The van der Waals surface area contributed by atoms with Crippen LogP contribution in [0.2, 0.25) is 0 Å². The summed E-state index contributed by atoms with van der Waals surface area (Å²) in [5, 5.41) is 0.257. The van der Waals surface area contributed by atoms with Crippen molar-refractivity contribution in [3.8, 4) is 0 Å². The lowest BCUT2D eigenvalue weighted by Gasteiger charge is -1.96. The Kier molecular flexibility index (Phi) is 2.97. The molecular weight excluding hydrogens is 192 g/mol. The lowest BCUT2D eigenvalue weighted by atomic mass is 10.3. The third-order valence-electron chi connectivity index (χ3n) is 1.21. The Balaban J connectivity index is 2.73. The third kappa shape index (κ3) is 2.25. The molecule has 1 rings (SSSR count). The molecule has 0 bridgehead atoms. The number of Topliss-reactive ketones (excluding diaryl/α,β-unsaturated/α-hetero) is 1. The van der Waals surface area contributed by atoms with E-state index in [4.69, 9.17) is 5.73 Å². The Morgan fingerprint density at radius 3 is 2.85 bits per heavy atom. The third-order valence-corrected chi connectivity index (χ3v) is 2.03. The number of ether oxygens (including phenoxy) is 1. The van der Waals surface area contributed by atoms with Gasteiger partial charge in [0.1, 0.15) is 4.88 Å². The molecule has 0 aliphatic heterocycles. The summed E-state index contributed by atoms with van der Waals surface area (Å²) in [6.07, 6.45) is 1.26. The Bertz CT molecular complexity index is 334. The van der Waals surface area contributed by atoms with Crippen LogP contribution >= 0.6 is 11.3 Å². The zero-order valence-corrected chi connectivity index (χ0v) is 7.76. The van der Waals surface area contributed by atoms with Gasteiger partial charge >= 0.3 is 5.97 Å². The highest BCUT2D eigenvalue weighted by Gasteiger charge is 2.19.